The van der Waals surface area contributed by atoms with Gasteiger partial charge in [-0.3, -0.25) is 24.6 Å². The first-order chi connectivity index (χ1) is 17.7. The SMILES string of the molecule is CN1NN(CC(F)CCc2nnc(C(=O)NCC(F)(F)F)s2)C=C1C(=O)NCc1cc(C(F)(F)F)ccn1. The minimum atomic E-state index is -4.57. The molecule has 0 radical (unpaired) electrons. The van der Waals surface area contributed by atoms with E-state index in [1.54, 1.807) is 5.32 Å². The summed E-state index contributed by atoms with van der Waals surface area (Å²) in [5.41, 5.74) is 1.90. The number of hydrogen-bond acceptors (Lipinski definition) is 9. The van der Waals surface area contributed by atoms with E-state index < -0.39 is 42.4 Å². The number of rotatable bonds is 10. The minimum Gasteiger partial charge on any atom is -0.345 e. The van der Waals surface area contributed by atoms with Crippen LogP contribution in [0.15, 0.2) is 30.2 Å². The predicted octanol–water partition coefficient (Wildman–Crippen LogP) is 2.34. The Morgan fingerprint density at radius 1 is 1.13 bits per heavy atom. The van der Waals surface area contributed by atoms with Gasteiger partial charge >= 0.3 is 12.4 Å². The lowest BCUT2D eigenvalue weighted by atomic mass is 10.2. The molecule has 10 nitrogen and oxygen atoms in total. The molecule has 0 saturated heterocycles. The average Bonchev–Trinajstić information content (AvgIpc) is 3.45. The van der Waals surface area contributed by atoms with Crippen LogP contribution in [0.4, 0.5) is 30.7 Å². The summed E-state index contributed by atoms with van der Waals surface area (Å²) < 4.78 is 89.6. The minimum absolute atomic E-state index is 0.000676. The van der Waals surface area contributed by atoms with Gasteiger partial charge in [-0.15, -0.1) is 15.7 Å². The van der Waals surface area contributed by atoms with Crippen LogP contribution in [0.5, 0.6) is 0 Å². The second kappa shape index (κ2) is 11.9. The first kappa shape index (κ1) is 29.0. The summed E-state index contributed by atoms with van der Waals surface area (Å²) in [7, 11) is 1.48. The summed E-state index contributed by atoms with van der Waals surface area (Å²) in [6, 6.07) is 1.63. The zero-order valence-electron chi connectivity index (χ0n) is 19.5. The molecular weight excluding hydrogens is 549 g/mol. The number of amides is 2. The average molecular weight is 570 g/mol. The predicted molar refractivity (Wildman–Crippen MR) is 118 cm³/mol. The highest BCUT2D eigenvalue weighted by Crippen LogP contribution is 2.29. The highest BCUT2D eigenvalue weighted by Gasteiger charge is 2.31. The van der Waals surface area contributed by atoms with Gasteiger partial charge in [0, 0.05) is 25.9 Å². The number of carbonyl (C=O) groups excluding carboxylic acids is 2. The largest absolute Gasteiger partial charge is 0.416 e. The maximum atomic E-state index is 14.5. The topological polar surface area (TPSA) is 115 Å². The smallest absolute Gasteiger partial charge is 0.345 e. The van der Waals surface area contributed by atoms with Gasteiger partial charge in [0.15, 0.2) is 0 Å². The second-order valence-electron chi connectivity index (χ2n) is 7.98. The molecular formula is C20H21F7N8O2S. The number of pyridine rings is 1. The summed E-state index contributed by atoms with van der Waals surface area (Å²) in [5, 5.41) is 13.9. The third kappa shape index (κ3) is 8.51. The molecule has 2 amide bonds. The number of aromatic nitrogens is 3. The van der Waals surface area contributed by atoms with Crippen molar-refractivity contribution in [3.63, 3.8) is 0 Å². The van der Waals surface area contributed by atoms with Crippen LogP contribution < -0.4 is 16.2 Å². The van der Waals surface area contributed by atoms with E-state index in [9.17, 15) is 40.3 Å². The number of likely N-dealkylation sites (N-methyl/N-ethyl adjacent to an activating group) is 1. The maximum absolute atomic E-state index is 14.5. The van der Waals surface area contributed by atoms with Gasteiger partial charge in [-0.2, -0.15) is 26.3 Å². The lowest BCUT2D eigenvalue weighted by molar-refractivity contribution is -0.137. The number of halogens is 7. The van der Waals surface area contributed by atoms with Gasteiger partial charge in [-0.25, -0.2) is 4.39 Å². The number of alkyl halides is 7. The van der Waals surface area contributed by atoms with Crippen LogP contribution in [-0.4, -0.2) is 69.5 Å². The van der Waals surface area contributed by atoms with Crippen LogP contribution in [0, 0.1) is 0 Å². The number of nitrogens with one attached hydrogen (secondary N) is 3. The monoisotopic (exact) mass is 570 g/mol. The summed E-state index contributed by atoms with van der Waals surface area (Å²) >= 11 is 0.749. The van der Waals surface area contributed by atoms with Crippen molar-refractivity contribution >= 4 is 23.2 Å². The van der Waals surface area contributed by atoms with Gasteiger partial charge in [0.25, 0.3) is 11.8 Å². The zero-order valence-corrected chi connectivity index (χ0v) is 20.3. The highest BCUT2D eigenvalue weighted by molar-refractivity contribution is 7.13. The number of hydrazine groups is 2. The van der Waals surface area contributed by atoms with Crippen molar-refractivity contribution in [2.75, 3.05) is 20.1 Å². The molecule has 3 N–H and O–H groups in total. The standard InChI is InChI=1S/C20H21F7N8O2S/c1-34-14(16(36)29-7-13-6-11(4-5-28-13)20(25,26)27)9-35(33-34)8-12(21)2-3-15-31-32-18(38-15)17(37)30-10-19(22,23)24/h4-6,9,12,33H,2-3,7-8,10H2,1H3,(H,29,36)(H,30,37). The molecule has 2 aromatic heterocycles. The molecule has 0 spiro atoms. The molecule has 38 heavy (non-hydrogen) atoms. The molecule has 0 bridgehead atoms. The van der Waals surface area contributed by atoms with Crippen molar-refractivity contribution < 1.29 is 40.3 Å². The van der Waals surface area contributed by atoms with E-state index in [1.807, 2.05) is 0 Å². The maximum Gasteiger partial charge on any atom is 0.416 e. The van der Waals surface area contributed by atoms with Crippen molar-refractivity contribution in [2.24, 2.45) is 0 Å². The fourth-order valence-electron chi connectivity index (χ4n) is 3.11. The van der Waals surface area contributed by atoms with Gasteiger partial charge < -0.3 is 10.6 Å². The third-order valence-electron chi connectivity index (χ3n) is 4.90. The Kier molecular flexibility index (Phi) is 9.08. The molecule has 0 aromatic carbocycles. The molecule has 2 aromatic rings. The van der Waals surface area contributed by atoms with Gasteiger partial charge in [-0.05, 0) is 18.6 Å². The molecule has 208 valence electrons. The van der Waals surface area contributed by atoms with Crippen molar-refractivity contribution in [1.82, 2.24) is 41.4 Å². The van der Waals surface area contributed by atoms with E-state index in [0.29, 0.717) is 0 Å². The molecule has 3 heterocycles. The van der Waals surface area contributed by atoms with E-state index >= 15 is 0 Å². The van der Waals surface area contributed by atoms with Crippen LogP contribution in [-0.2, 0) is 23.9 Å². The lowest BCUT2D eigenvalue weighted by Gasteiger charge is -2.21. The normalized spacial score (nSPS) is 14.9. The van der Waals surface area contributed by atoms with Crippen LogP contribution in [0.3, 0.4) is 0 Å². The van der Waals surface area contributed by atoms with Crippen LogP contribution in [0.2, 0.25) is 0 Å². The van der Waals surface area contributed by atoms with Gasteiger partial charge in [0.1, 0.15) is 23.4 Å². The lowest BCUT2D eigenvalue weighted by Crippen LogP contribution is -2.42. The third-order valence-corrected chi connectivity index (χ3v) is 5.88. The molecule has 1 aliphatic rings. The molecule has 1 unspecified atom stereocenters. The van der Waals surface area contributed by atoms with Crippen LogP contribution in [0.25, 0.3) is 0 Å². The first-order valence-corrected chi connectivity index (χ1v) is 11.6. The number of aryl methyl sites for hydroxylation is 1. The van der Waals surface area contributed by atoms with Gasteiger partial charge in [-0.1, -0.05) is 11.3 Å². The van der Waals surface area contributed by atoms with E-state index in [2.05, 4.69) is 26.0 Å². The molecule has 1 atom stereocenters. The zero-order chi connectivity index (χ0) is 28.1. The summed E-state index contributed by atoms with van der Waals surface area (Å²) in [5.74, 6) is -1.67. The Morgan fingerprint density at radius 2 is 1.87 bits per heavy atom. The van der Waals surface area contributed by atoms with Crippen LogP contribution >= 0.6 is 11.3 Å². The molecule has 0 fully saturated rings. The molecule has 3 rings (SSSR count). The quantitative estimate of drug-likeness (QED) is 0.373. The summed E-state index contributed by atoms with van der Waals surface area (Å²) in [6.45, 7) is -1.98. The summed E-state index contributed by atoms with van der Waals surface area (Å²) in [4.78, 5) is 28.0. The van der Waals surface area contributed by atoms with E-state index in [1.165, 1.54) is 23.3 Å². The highest BCUT2D eigenvalue weighted by atomic mass is 32.1. The Bertz CT molecular complexity index is 1170. The van der Waals surface area contributed by atoms with Gasteiger partial charge in [0.05, 0.1) is 24.3 Å². The Morgan fingerprint density at radius 3 is 2.55 bits per heavy atom. The molecule has 0 saturated carbocycles. The van der Waals surface area contributed by atoms with Gasteiger partial charge in [0.2, 0.25) is 5.01 Å². The summed E-state index contributed by atoms with van der Waals surface area (Å²) in [6.07, 6.45) is -8.25. The first-order valence-electron chi connectivity index (χ1n) is 10.8. The fourth-order valence-corrected chi connectivity index (χ4v) is 3.89. The fraction of sp³-hybridized carbons (Fsp3) is 0.450. The van der Waals surface area contributed by atoms with Crippen molar-refractivity contribution in [3.05, 3.63) is 51.5 Å². The molecule has 1 aliphatic heterocycles. The van der Waals surface area contributed by atoms with E-state index in [-0.39, 0.29) is 47.3 Å². The Labute approximate surface area is 214 Å². The van der Waals surface area contributed by atoms with Crippen molar-refractivity contribution in [2.45, 2.75) is 37.9 Å². The Balaban J connectivity index is 1.46. The number of carbonyl (C=O) groups is 2. The van der Waals surface area contributed by atoms with E-state index in [4.69, 9.17) is 0 Å². The van der Waals surface area contributed by atoms with Crippen molar-refractivity contribution in [1.29, 1.82) is 0 Å². The number of hydrogen-bond donors (Lipinski definition) is 3. The second-order valence-corrected chi connectivity index (χ2v) is 9.04. The Hall–Kier alpha value is -3.54. The van der Waals surface area contributed by atoms with Crippen LogP contribution in [0.1, 0.15) is 32.5 Å². The molecule has 18 heteroatoms. The van der Waals surface area contributed by atoms with E-state index in [0.717, 1.165) is 29.7 Å². The number of nitrogens with zero attached hydrogens (tertiary/aromatic N) is 5. The molecule has 0 aliphatic carbocycles. The van der Waals surface area contributed by atoms with Crippen molar-refractivity contribution in [3.8, 4) is 0 Å².